The molecule has 1 aliphatic carbocycles. The molecule has 6 atom stereocenters. The molecule has 2 fully saturated rings. The van der Waals surface area contributed by atoms with E-state index in [2.05, 4.69) is 82.9 Å². The van der Waals surface area contributed by atoms with Crippen LogP contribution in [0.1, 0.15) is 102 Å². The molecular weight excluding hydrogens is 905 g/mol. The first kappa shape index (κ1) is 54.0. The molecule has 0 bridgehead atoms. The summed E-state index contributed by atoms with van der Waals surface area (Å²) < 4.78 is 6.01. The Morgan fingerprint density at radius 2 is 1.19 bits per heavy atom. The summed E-state index contributed by atoms with van der Waals surface area (Å²) in [5.41, 5.74) is 4.26. The molecule has 0 radical (unpaired) electrons. The molecule has 72 heavy (non-hydrogen) atoms. The van der Waals surface area contributed by atoms with Crippen molar-refractivity contribution in [2.45, 2.75) is 149 Å². The van der Waals surface area contributed by atoms with Crippen LogP contribution < -0.4 is 26.6 Å². The van der Waals surface area contributed by atoms with E-state index in [1.807, 2.05) is 79.1 Å². The van der Waals surface area contributed by atoms with E-state index < -0.39 is 41.1 Å². The number of ether oxygens (including phenoxy) is 1. The number of hydrogen-bond donors (Lipinski definition) is 5. The molecule has 0 aromatic heterocycles. The van der Waals surface area contributed by atoms with E-state index in [9.17, 15) is 19.2 Å². The van der Waals surface area contributed by atoms with E-state index >= 15 is 4.79 Å². The van der Waals surface area contributed by atoms with Crippen molar-refractivity contribution in [3.8, 4) is 0 Å². The Morgan fingerprint density at radius 1 is 0.667 bits per heavy atom. The van der Waals surface area contributed by atoms with Crippen LogP contribution in [0.25, 0.3) is 10.8 Å². The molecule has 2 aliphatic heterocycles. The van der Waals surface area contributed by atoms with Crippen LogP contribution in [0.2, 0.25) is 0 Å². The number of likely N-dealkylation sites (tertiary alicyclic amines) is 2. The average Bonchev–Trinajstić information content (AvgIpc) is 4.15. The fourth-order valence-corrected chi connectivity index (χ4v) is 10.8. The van der Waals surface area contributed by atoms with Crippen LogP contribution in [-0.2, 0) is 56.3 Å². The Hall–Kier alpha value is -5.83. The fraction of sp³-hybridized carbons (Fsp3) is 0.534. The minimum atomic E-state index is -0.805. The Morgan fingerprint density at radius 3 is 1.79 bits per heavy atom. The van der Waals surface area contributed by atoms with Gasteiger partial charge in [-0.25, -0.2) is 4.79 Å². The fourth-order valence-electron chi connectivity index (χ4n) is 10.8. The largest absolute Gasteiger partial charge is 0.445 e. The van der Waals surface area contributed by atoms with Crippen molar-refractivity contribution < 1.29 is 28.7 Å². The van der Waals surface area contributed by atoms with Gasteiger partial charge < -0.3 is 46.0 Å². The normalized spacial score (nSPS) is 18.8. The smallest absolute Gasteiger partial charge is 0.410 e. The summed E-state index contributed by atoms with van der Waals surface area (Å²) in [5, 5.41) is 18.0. The van der Waals surface area contributed by atoms with E-state index in [0.717, 1.165) is 59.6 Å². The van der Waals surface area contributed by atoms with Gasteiger partial charge >= 0.3 is 6.09 Å². The summed E-state index contributed by atoms with van der Waals surface area (Å²) in [7, 11) is 3.46. The maximum Gasteiger partial charge on any atom is 0.410 e. The minimum absolute atomic E-state index is 0.0166. The standard InChI is InChI=1S/C58H80N8O6/c1-38(59-8)52(67)62-50(57(3,4)5)54(69)66-30-18-26-47(66)36-64(56(71)72-37-40-19-11-10-12-20-40)35-44-24-16-27-48-43(23-15-28-49(44)48)33-58(6,7)51(63-53(68)39(2)60-9)55(70)65-29-17-25-46(65)34-61-45-31-41-21-13-14-22-42(41)32-45/h10-16,19-24,27-28,38-39,45-47,50-51,59-61H,17-18,25-26,29-37H2,1-9H3,(H,62,67)(H,63,68)/t38-,39-,46-,47-,50+,51+/m0/s1. The molecule has 2 heterocycles. The highest BCUT2D eigenvalue weighted by Crippen LogP contribution is 2.35. The zero-order valence-corrected chi connectivity index (χ0v) is 44.2. The van der Waals surface area contributed by atoms with Gasteiger partial charge in [0, 0.05) is 50.8 Å². The maximum atomic E-state index is 15.0. The average molecular weight is 985 g/mol. The van der Waals surface area contributed by atoms with E-state index in [4.69, 9.17) is 4.74 Å². The first-order valence-corrected chi connectivity index (χ1v) is 26.2. The highest BCUT2D eigenvalue weighted by atomic mass is 16.6. The third kappa shape index (κ3) is 13.0. The number of amides is 5. The van der Waals surface area contributed by atoms with Crippen LogP contribution in [0.4, 0.5) is 4.79 Å². The van der Waals surface area contributed by atoms with Gasteiger partial charge in [-0.2, -0.15) is 0 Å². The lowest BCUT2D eigenvalue weighted by Crippen LogP contribution is -2.60. The monoisotopic (exact) mass is 985 g/mol. The zero-order chi connectivity index (χ0) is 51.7. The maximum absolute atomic E-state index is 15.0. The van der Waals surface area contributed by atoms with Gasteiger partial charge in [-0.15, -0.1) is 0 Å². The Balaban J connectivity index is 1.13. The minimum Gasteiger partial charge on any atom is -0.445 e. The van der Waals surface area contributed by atoms with Crippen LogP contribution in [0.3, 0.4) is 0 Å². The van der Waals surface area contributed by atoms with Gasteiger partial charge in [0.05, 0.1) is 12.1 Å². The van der Waals surface area contributed by atoms with Gasteiger partial charge in [0.25, 0.3) is 0 Å². The number of carbonyl (C=O) groups excluding carboxylic acids is 5. The Bertz CT molecular complexity index is 2500. The van der Waals surface area contributed by atoms with Gasteiger partial charge in [-0.1, -0.05) is 126 Å². The molecule has 14 nitrogen and oxygen atoms in total. The highest BCUT2D eigenvalue weighted by Gasteiger charge is 2.44. The second kappa shape index (κ2) is 23.8. The molecule has 0 unspecified atom stereocenters. The van der Waals surface area contributed by atoms with Crippen molar-refractivity contribution >= 4 is 40.5 Å². The van der Waals surface area contributed by atoms with Crippen molar-refractivity contribution in [1.29, 1.82) is 0 Å². The van der Waals surface area contributed by atoms with Crippen LogP contribution in [0, 0.1) is 10.8 Å². The molecular formula is C58H80N8O6. The molecule has 0 saturated carbocycles. The predicted octanol–water partition coefficient (Wildman–Crippen LogP) is 6.52. The van der Waals surface area contributed by atoms with Crippen molar-refractivity contribution in [3.05, 3.63) is 119 Å². The second-order valence-electron chi connectivity index (χ2n) is 22.2. The van der Waals surface area contributed by atoms with Gasteiger partial charge in [-0.05, 0) is 122 Å². The molecule has 388 valence electrons. The number of hydrogen-bond acceptors (Lipinski definition) is 9. The van der Waals surface area contributed by atoms with Crippen molar-refractivity contribution in [1.82, 2.24) is 41.3 Å². The number of rotatable bonds is 20. The first-order chi connectivity index (χ1) is 34.4. The second-order valence-corrected chi connectivity index (χ2v) is 22.2. The molecule has 14 heteroatoms. The molecule has 4 aromatic carbocycles. The van der Waals surface area contributed by atoms with Crippen LogP contribution in [0.15, 0.2) is 91.0 Å². The van der Waals surface area contributed by atoms with E-state index in [1.165, 1.54) is 11.1 Å². The first-order valence-electron chi connectivity index (χ1n) is 26.2. The lowest BCUT2D eigenvalue weighted by Gasteiger charge is -2.39. The zero-order valence-electron chi connectivity index (χ0n) is 44.2. The Labute approximate surface area is 427 Å². The number of carbonyl (C=O) groups is 5. The summed E-state index contributed by atoms with van der Waals surface area (Å²) in [6, 6.07) is 27.9. The van der Waals surface area contributed by atoms with Crippen LogP contribution in [0.5, 0.6) is 0 Å². The van der Waals surface area contributed by atoms with E-state index in [0.29, 0.717) is 38.5 Å². The molecule has 0 spiro atoms. The lowest BCUT2D eigenvalue weighted by atomic mass is 9.76. The molecule has 3 aliphatic rings. The summed E-state index contributed by atoms with van der Waals surface area (Å²) in [5.74, 6) is -0.719. The van der Waals surface area contributed by atoms with Crippen molar-refractivity contribution in [2.24, 2.45) is 10.8 Å². The topological polar surface area (TPSA) is 164 Å². The number of benzene rings is 4. The Kier molecular flexibility index (Phi) is 17.8. The predicted molar refractivity (Wildman–Crippen MR) is 284 cm³/mol. The van der Waals surface area contributed by atoms with Gasteiger partial charge in [0.2, 0.25) is 23.6 Å². The summed E-state index contributed by atoms with van der Waals surface area (Å²) in [6.07, 6.45) is 5.20. The van der Waals surface area contributed by atoms with E-state index in [-0.39, 0.29) is 55.4 Å². The molecule has 7 rings (SSSR count). The number of nitrogens with one attached hydrogen (secondary N) is 5. The lowest BCUT2D eigenvalue weighted by molar-refractivity contribution is -0.141. The number of nitrogens with zero attached hydrogens (tertiary/aromatic N) is 3. The van der Waals surface area contributed by atoms with Gasteiger partial charge in [-0.3, -0.25) is 19.2 Å². The van der Waals surface area contributed by atoms with Crippen LogP contribution in [-0.4, -0.2) is 127 Å². The molecule has 4 aromatic rings. The third-order valence-electron chi connectivity index (χ3n) is 15.4. The third-order valence-corrected chi connectivity index (χ3v) is 15.4. The van der Waals surface area contributed by atoms with Crippen LogP contribution >= 0.6 is 0 Å². The van der Waals surface area contributed by atoms with Crippen molar-refractivity contribution in [2.75, 3.05) is 40.3 Å². The van der Waals surface area contributed by atoms with Gasteiger partial charge in [0.1, 0.15) is 18.7 Å². The molecule has 2 saturated heterocycles. The SMILES string of the molecule is CN[C@@H](C)C(=O)N[C@H](C(=O)N1CCC[C@H]1CN(Cc1cccc2c(CC(C)(C)[C@H](NC(=O)[C@H](C)NC)C(=O)N3CCC[C@H]3CNC3Cc4ccccc4C3)cccc12)C(=O)OCc1ccccc1)C(C)(C)C. The van der Waals surface area contributed by atoms with E-state index in [1.54, 1.807) is 32.8 Å². The number of fused-ring (bicyclic) bond motifs is 2. The highest BCUT2D eigenvalue weighted by molar-refractivity contribution is 5.92. The quantitative estimate of drug-likeness (QED) is 0.0664. The number of likely N-dealkylation sites (N-methyl/N-ethyl adjacent to an activating group) is 2. The summed E-state index contributed by atoms with van der Waals surface area (Å²) in [4.78, 5) is 76.3. The summed E-state index contributed by atoms with van der Waals surface area (Å²) >= 11 is 0. The summed E-state index contributed by atoms with van der Waals surface area (Å²) in [6.45, 7) is 15.9. The van der Waals surface area contributed by atoms with Gasteiger partial charge in [0.15, 0.2) is 0 Å². The van der Waals surface area contributed by atoms with Crippen molar-refractivity contribution in [3.63, 3.8) is 0 Å². The molecule has 5 amide bonds. The molecule has 5 N–H and O–H groups in total.